The zero-order chi connectivity index (χ0) is 19.9. The second-order valence-electron chi connectivity index (χ2n) is 6.70. The van der Waals surface area contributed by atoms with Crippen molar-refractivity contribution in [1.29, 1.82) is 0 Å². The van der Waals surface area contributed by atoms with Crippen molar-refractivity contribution in [1.82, 2.24) is 19.6 Å². The topological polar surface area (TPSA) is 74.0 Å². The molecule has 0 aliphatic heterocycles. The molecule has 0 radical (unpaired) electrons. The number of methoxy groups -OCH3 is 1. The molecule has 2 aromatic heterocycles. The number of ether oxygens (including phenoxy) is 1. The first-order valence-corrected chi connectivity index (χ1v) is 8.66. The highest BCUT2D eigenvalue weighted by Crippen LogP contribution is 2.37. The van der Waals surface area contributed by atoms with Crippen molar-refractivity contribution in [3.63, 3.8) is 0 Å². The van der Waals surface area contributed by atoms with Crippen LogP contribution >= 0.6 is 0 Å². The Hall–Kier alpha value is -2.36. The number of carbonyl (C=O) groups excluding carboxylic acids is 1. The van der Waals surface area contributed by atoms with Crippen molar-refractivity contribution in [2.45, 2.75) is 59.0 Å². The summed E-state index contributed by atoms with van der Waals surface area (Å²) < 4.78 is 47.6. The number of fused-ring (bicyclic) bond motifs is 1. The first-order chi connectivity index (χ1) is 12.6. The van der Waals surface area contributed by atoms with E-state index in [-0.39, 0.29) is 12.3 Å². The summed E-state index contributed by atoms with van der Waals surface area (Å²) in [6.07, 6.45) is -3.07. The zero-order valence-electron chi connectivity index (χ0n) is 15.6. The molecule has 0 unspecified atom stereocenters. The molecule has 148 valence electrons. The Morgan fingerprint density at radius 1 is 1.30 bits per heavy atom. The molecule has 0 saturated carbocycles. The number of carbonyl (C=O) groups is 1. The Labute approximate surface area is 154 Å². The summed E-state index contributed by atoms with van der Waals surface area (Å²) in [6, 6.07) is -0.877. The molecule has 1 aliphatic carbocycles. The van der Waals surface area contributed by atoms with Crippen molar-refractivity contribution in [2.75, 3.05) is 12.4 Å². The Kier molecular flexibility index (Phi) is 5.02. The van der Waals surface area contributed by atoms with Gasteiger partial charge in [0.05, 0.1) is 17.1 Å². The quantitative estimate of drug-likeness (QED) is 0.859. The molecule has 3 rings (SSSR count). The lowest BCUT2D eigenvalue weighted by atomic mass is 10.2. The molecule has 1 N–H and O–H groups in total. The SMILES string of the molecule is COCn1nc(C)c(NC(=O)[C@@H](C)n2nc(C(F)(F)F)c3c2CCC3)c1C. The fourth-order valence-corrected chi connectivity index (χ4v) is 3.48. The molecule has 27 heavy (non-hydrogen) atoms. The Bertz CT molecular complexity index is 869. The lowest BCUT2D eigenvalue weighted by Gasteiger charge is -2.15. The van der Waals surface area contributed by atoms with Crippen LogP contribution in [0.25, 0.3) is 0 Å². The van der Waals surface area contributed by atoms with Crippen LogP contribution in [0.3, 0.4) is 0 Å². The molecular weight excluding hydrogens is 363 g/mol. The molecule has 0 saturated heterocycles. The number of alkyl halides is 3. The Balaban J connectivity index is 1.87. The number of nitrogens with one attached hydrogen (secondary N) is 1. The van der Waals surface area contributed by atoms with E-state index in [1.807, 2.05) is 0 Å². The molecule has 7 nitrogen and oxygen atoms in total. The molecule has 10 heteroatoms. The number of hydrogen-bond donors (Lipinski definition) is 1. The van der Waals surface area contributed by atoms with Gasteiger partial charge >= 0.3 is 6.18 Å². The largest absolute Gasteiger partial charge is 0.435 e. The van der Waals surface area contributed by atoms with E-state index in [0.29, 0.717) is 42.0 Å². The van der Waals surface area contributed by atoms with Crippen LogP contribution in [0.4, 0.5) is 18.9 Å². The molecule has 1 atom stereocenters. The van der Waals surface area contributed by atoms with Crippen LogP contribution in [-0.2, 0) is 35.3 Å². The maximum Gasteiger partial charge on any atom is 0.435 e. The monoisotopic (exact) mass is 385 g/mol. The zero-order valence-corrected chi connectivity index (χ0v) is 15.6. The summed E-state index contributed by atoms with van der Waals surface area (Å²) in [4.78, 5) is 12.7. The molecule has 1 amide bonds. The number of hydrogen-bond acceptors (Lipinski definition) is 4. The minimum absolute atomic E-state index is 0.211. The van der Waals surface area contributed by atoms with E-state index in [2.05, 4.69) is 15.5 Å². The van der Waals surface area contributed by atoms with Crippen LogP contribution in [0.5, 0.6) is 0 Å². The minimum atomic E-state index is -4.52. The molecule has 0 spiro atoms. The molecule has 0 aromatic carbocycles. The minimum Gasteiger partial charge on any atom is -0.362 e. The van der Waals surface area contributed by atoms with Crippen LogP contribution in [0, 0.1) is 13.8 Å². The van der Waals surface area contributed by atoms with Gasteiger partial charge in [-0.3, -0.25) is 9.48 Å². The van der Waals surface area contributed by atoms with Gasteiger partial charge in [-0.15, -0.1) is 0 Å². The van der Waals surface area contributed by atoms with E-state index < -0.39 is 23.8 Å². The summed E-state index contributed by atoms with van der Waals surface area (Å²) in [5, 5.41) is 10.8. The molecule has 0 fully saturated rings. The predicted molar refractivity (Wildman–Crippen MR) is 91.3 cm³/mol. The van der Waals surface area contributed by atoms with Gasteiger partial charge in [-0.2, -0.15) is 23.4 Å². The average molecular weight is 385 g/mol. The van der Waals surface area contributed by atoms with Crippen LogP contribution in [0.15, 0.2) is 0 Å². The summed E-state index contributed by atoms with van der Waals surface area (Å²) in [5.41, 5.74) is 1.66. The van der Waals surface area contributed by atoms with E-state index in [1.54, 1.807) is 25.5 Å². The normalized spacial score (nSPS) is 15.1. The van der Waals surface area contributed by atoms with E-state index in [4.69, 9.17) is 4.74 Å². The van der Waals surface area contributed by atoms with E-state index in [9.17, 15) is 18.0 Å². The van der Waals surface area contributed by atoms with Crippen LogP contribution < -0.4 is 5.32 Å². The van der Waals surface area contributed by atoms with Gasteiger partial charge in [0.2, 0.25) is 5.91 Å². The molecule has 0 bridgehead atoms. The van der Waals surface area contributed by atoms with Crippen LogP contribution in [0.2, 0.25) is 0 Å². The highest BCUT2D eigenvalue weighted by molar-refractivity contribution is 5.94. The van der Waals surface area contributed by atoms with Gasteiger partial charge in [-0.25, -0.2) is 4.68 Å². The van der Waals surface area contributed by atoms with Gasteiger partial charge in [0.25, 0.3) is 0 Å². The summed E-state index contributed by atoms with van der Waals surface area (Å²) in [5.74, 6) is -0.441. The van der Waals surface area contributed by atoms with Crippen LogP contribution in [0.1, 0.15) is 47.7 Å². The second kappa shape index (κ2) is 6.99. The fourth-order valence-electron chi connectivity index (χ4n) is 3.48. The first-order valence-electron chi connectivity index (χ1n) is 8.66. The summed E-state index contributed by atoms with van der Waals surface area (Å²) >= 11 is 0. The standard InChI is InChI=1S/C17H22F3N5O2/c1-9-14(10(2)24(22-9)8-27-4)21-16(26)11(3)25-13-7-5-6-12(13)15(23-25)17(18,19)20/h11H,5-8H2,1-4H3,(H,21,26)/t11-/m1/s1. The maximum atomic E-state index is 13.2. The number of anilines is 1. The van der Waals surface area contributed by atoms with Crippen molar-refractivity contribution in [3.05, 3.63) is 28.3 Å². The van der Waals surface area contributed by atoms with Gasteiger partial charge in [0.1, 0.15) is 12.8 Å². The first kappa shape index (κ1) is 19.4. The van der Waals surface area contributed by atoms with Gasteiger partial charge < -0.3 is 10.1 Å². The number of nitrogens with zero attached hydrogens (tertiary/aromatic N) is 4. The van der Waals surface area contributed by atoms with Crippen molar-refractivity contribution >= 4 is 11.6 Å². The molecule has 2 aromatic rings. The number of rotatable bonds is 5. The van der Waals surface area contributed by atoms with Gasteiger partial charge in [0.15, 0.2) is 5.69 Å². The van der Waals surface area contributed by atoms with Gasteiger partial charge in [-0.1, -0.05) is 0 Å². The lowest BCUT2D eigenvalue weighted by Crippen LogP contribution is -2.26. The van der Waals surface area contributed by atoms with E-state index in [1.165, 1.54) is 11.8 Å². The van der Waals surface area contributed by atoms with E-state index in [0.717, 1.165) is 0 Å². The Morgan fingerprint density at radius 2 is 2.00 bits per heavy atom. The smallest absolute Gasteiger partial charge is 0.362 e. The molecule has 2 heterocycles. The van der Waals surface area contributed by atoms with Gasteiger partial charge in [0, 0.05) is 18.4 Å². The second-order valence-corrected chi connectivity index (χ2v) is 6.70. The highest BCUT2D eigenvalue weighted by Gasteiger charge is 2.41. The van der Waals surface area contributed by atoms with Crippen molar-refractivity contribution in [2.24, 2.45) is 0 Å². The van der Waals surface area contributed by atoms with E-state index >= 15 is 0 Å². The lowest BCUT2D eigenvalue weighted by molar-refractivity contribution is -0.142. The third kappa shape index (κ3) is 3.45. The third-order valence-electron chi connectivity index (χ3n) is 4.85. The number of amides is 1. The van der Waals surface area contributed by atoms with Crippen molar-refractivity contribution < 1.29 is 22.7 Å². The van der Waals surface area contributed by atoms with Crippen molar-refractivity contribution in [3.8, 4) is 0 Å². The molecular formula is C17H22F3N5O2. The number of halogens is 3. The van der Waals surface area contributed by atoms with Gasteiger partial charge in [-0.05, 0) is 40.0 Å². The highest BCUT2D eigenvalue weighted by atomic mass is 19.4. The van der Waals surface area contributed by atoms with Crippen LogP contribution in [-0.4, -0.2) is 32.6 Å². The number of aromatic nitrogens is 4. The summed E-state index contributed by atoms with van der Waals surface area (Å²) in [6.45, 7) is 5.31. The molecule has 1 aliphatic rings. The maximum absolute atomic E-state index is 13.2. The third-order valence-corrected chi connectivity index (χ3v) is 4.85. The summed E-state index contributed by atoms with van der Waals surface area (Å²) in [7, 11) is 1.54. The Morgan fingerprint density at radius 3 is 2.63 bits per heavy atom. The average Bonchev–Trinajstić information content (AvgIpc) is 3.24. The fraction of sp³-hybridized carbons (Fsp3) is 0.588. The predicted octanol–water partition coefficient (Wildman–Crippen LogP) is 3.01. The number of aryl methyl sites for hydroxylation is 1.